The van der Waals surface area contributed by atoms with E-state index in [9.17, 15) is 9.59 Å². The van der Waals surface area contributed by atoms with Gasteiger partial charge in [-0.05, 0) is 12.5 Å². The van der Waals surface area contributed by atoms with E-state index >= 15 is 0 Å². The van der Waals surface area contributed by atoms with E-state index in [1.807, 2.05) is 0 Å². The smallest absolute Gasteiger partial charge is 0.192 e. The number of allylic oxidation sites excluding steroid dienone is 1. The Labute approximate surface area is 106 Å². The molecule has 2 rings (SSSR count). The Morgan fingerprint density at radius 3 is 2.56 bits per heavy atom. The Morgan fingerprint density at radius 1 is 1.11 bits per heavy atom. The van der Waals surface area contributed by atoms with Crippen LogP contribution in [0.25, 0.3) is 0 Å². The van der Waals surface area contributed by atoms with Crippen LogP contribution in [0.2, 0.25) is 0 Å². The number of unbranched alkanes of at least 4 members (excludes halogenated alkanes) is 1. The van der Waals surface area contributed by atoms with E-state index in [0.717, 1.165) is 12.8 Å². The largest absolute Gasteiger partial charge is 0.377 e. The molecule has 0 unspecified atom stereocenters. The second-order valence-electron chi connectivity index (χ2n) is 4.31. The molecule has 0 amide bonds. The molecule has 1 aromatic rings. The first-order valence-corrected chi connectivity index (χ1v) is 6.20. The van der Waals surface area contributed by atoms with Crippen LogP contribution in [0.5, 0.6) is 0 Å². The highest BCUT2D eigenvalue weighted by Crippen LogP contribution is 2.21. The highest BCUT2D eigenvalue weighted by molar-refractivity contribution is 6.24. The molecule has 0 spiro atoms. The van der Waals surface area contributed by atoms with Gasteiger partial charge >= 0.3 is 0 Å². The first kappa shape index (κ1) is 12.7. The van der Waals surface area contributed by atoms with E-state index in [0.29, 0.717) is 23.3 Å². The summed E-state index contributed by atoms with van der Waals surface area (Å²) < 4.78 is 5.41. The fourth-order valence-corrected chi connectivity index (χ4v) is 1.91. The van der Waals surface area contributed by atoms with Gasteiger partial charge in [0.2, 0.25) is 0 Å². The van der Waals surface area contributed by atoms with E-state index in [-0.39, 0.29) is 18.2 Å². The van der Waals surface area contributed by atoms with Crippen molar-refractivity contribution in [3.05, 3.63) is 47.0 Å². The van der Waals surface area contributed by atoms with Crippen molar-refractivity contribution < 1.29 is 14.3 Å². The van der Waals surface area contributed by atoms with Crippen LogP contribution in [0.4, 0.5) is 0 Å². The molecule has 0 heterocycles. The summed E-state index contributed by atoms with van der Waals surface area (Å²) in [6.45, 7) is 2.92. The van der Waals surface area contributed by atoms with E-state index in [4.69, 9.17) is 4.74 Å². The molecule has 0 saturated carbocycles. The zero-order chi connectivity index (χ0) is 13.0. The summed E-state index contributed by atoms with van der Waals surface area (Å²) in [7, 11) is 0. The van der Waals surface area contributed by atoms with Crippen LogP contribution in [0.3, 0.4) is 0 Å². The van der Waals surface area contributed by atoms with Crippen LogP contribution in [0.1, 0.15) is 40.5 Å². The highest BCUT2D eigenvalue weighted by atomic mass is 16.5. The molecule has 1 aromatic carbocycles. The Bertz CT molecular complexity index is 500. The van der Waals surface area contributed by atoms with Gasteiger partial charge < -0.3 is 4.74 Å². The maximum absolute atomic E-state index is 12.1. The number of rotatable bonds is 5. The SMILES string of the molecule is CCCCOCC1=CC(=O)c2ccccc2C1=O. The zero-order valence-electron chi connectivity index (χ0n) is 10.4. The van der Waals surface area contributed by atoms with Gasteiger partial charge in [-0.15, -0.1) is 0 Å². The molecule has 1 aliphatic carbocycles. The lowest BCUT2D eigenvalue weighted by atomic mass is 9.90. The summed E-state index contributed by atoms with van der Waals surface area (Å²) in [5.74, 6) is -0.207. The van der Waals surface area contributed by atoms with Crippen molar-refractivity contribution in [3.8, 4) is 0 Å². The van der Waals surface area contributed by atoms with Gasteiger partial charge in [-0.1, -0.05) is 37.6 Å². The third kappa shape index (κ3) is 2.57. The van der Waals surface area contributed by atoms with E-state index in [1.54, 1.807) is 24.3 Å². The number of Topliss-reactive ketones (excluding diaryl/α,β-unsaturated/α-hetero) is 1. The minimum absolute atomic E-state index is 0.0956. The summed E-state index contributed by atoms with van der Waals surface area (Å²) in [6, 6.07) is 6.90. The molecule has 0 aromatic heterocycles. The van der Waals surface area contributed by atoms with Crippen molar-refractivity contribution in [2.75, 3.05) is 13.2 Å². The monoisotopic (exact) mass is 244 g/mol. The standard InChI is InChI=1S/C15H16O3/c1-2-3-8-18-10-11-9-14(16)12-6-4-5-7-13(12)15(11)17/h4-7,9H,2-3,8,10H2,1H3. The van der Waals surface area contributed by atoms with Gasteiger partial charge in [-0.25, -0.2) is 0 Å². The van der Waals surface area contributed by atoms with Crippen molar-refractivity contribution in [1.29, 1.82) is 0 Å². The van der Waals surface area contributed by atoms with Gasteiger partial charge in [-0.3, -0.25) is 9.59 Å². The molecule has 1 aliphatic rings. The fraction of sp³-hybridized carbons (Fsp3) is 0.333. The van der Waals surface area contributed by atoms with Crippen LogP contribution in [0, 0.1) is 0 Å². The van der Waals surface area contributed by atoms with Crippen molar-refractivity contribution in [1.82, 2.24) is 0 Å². The van der Waals surface area contributed by atoms with E-state index in [1.165, 1.54) is 6.08 Å². The van der Waals surface area contributed by atoms with Gasteiger partial charge in [0.05, 0.1) is 6.61 Å². The molecule has 18 heavy (non-hydrogen) atoms. The Kier molecular flexibility index (Phi) is 4.05. The Hall–Kier alpha value is -1.74. The van der Waals surface area contributed by atoms with Gasteiger partial charge in [-0.2, -0.15) is 0 Å². The van der Waals surface area contributed by atoms with Crippen LogP contribution in [0.15, 0.2) is 35.9 Å². The van der Waals surface area contributed by atoms with Gasteiger partial charge in [0.15, 0.2) is 11.6 Å². The first-order valence-electron chi connectivity index (χ1n) is 6.20. The molecular formula is C15H16O3. The number of carbonyl (C=O) groups excluding carboxylic acids is 2. The van der Waals surface area contributed by atoms with E-state index < -0.39 is 0 Å². The molecule has 0 N–H and O–H groups in total. The molecule has 3 heteroatoms. The number of hydrogen-bond acceptors (Lipinski definition) is 3. The number of carbonyl (C=O) groups is 2. The third-order valence-corrected chi connectivity index (χ3v) is 2.93. The van der Waals surface area contributed by atoms with Crippen LogP contribution in [-0.4, -0.2) is 24.8 Å². The van der Waals surface area contributed by atoms with E-state index in [2.05, 4.69) is 6.92 Å². The predicted octanol–water partition coefficient (Wildman–Crippen LogP) is 2.81. The van der Waals surface area contributed by atoms with Crippen LogP contribution in [-0.2, 0) is 4.74 Å². The van der Waals surface area contributed by atoms with Crippen molar-refractivity contribution >= 4 is 11.6 Å². The average molecular weight is 244 g/mol. The van der Waals surface area contributed by atoms with Gasteiger partial charge in [0.1, 0.15) is 0 Å². The lowest BCUT2D eigenvalue weighted by molar-refractivity contribution is 0.0942. The molecule has 0 fully saturated rings. The summed E-state index contributed by atoms with van der Waals surface area (Å²) in [4.78, 5) is 24.0. The van der Waals surface area contributed by atoms with Crippen LogP contribution >= 0.6 is 0 Å². The van der Waals surface area contributed by atoms with Crippen molar-refractivity contribution in [2.24, 2.45) is 0 Å². The molecule has 0 aliphatic heterocycles. The van der Waals surface area contributed by atoms with Crippen LogP contribution < -0.4 is 0 Å². The molecule has 0 atom stereocenters. The normalized spacial score (nSPS) is 14.4. The third-order valence-electron chi connectivity index (χ3n) is 2.93. The average Bonchev–Trinajstić information content (AvgIpc) is 2.40. The van der Waals surface area contributed by atoms with Gasteiger partial charge in [0, 0.05) is 23.3 Å². The second kappa shape index (κ2) is 5.74. The first-order chi connectivity index (χ1) is 8.74. The fourth-order valence-electron chi connectivity index (χ4n) is 1.91. The maximum atomic E-state index is 12.1. The molecule has 3 nitrogen and oxygen atoms in total. The molecular weight excluding hydrogens is 228 g/mol. The number of ether oxygens (including phenoxy) is 1. The molecule has 0 bridgehead atoms. The number of hydrogen-bond donors (Lipinski definition) is 0. The summed E-state index contributed by atoms with van der Waals surface area (Å²) in [5.41, 5.74) is 1.42. The minimum atomic E-state index is -0.112. The van der Waals surface area contributed by atoms with Crippen molar-refractivity contribution in [3.63, 3.8) is 0 Å². The summed E-state index contributed by atoms with van der Waals surface area (Å²) >= 11 is 0. The summed E-state index contributed by atoms with van der Waals surface area (Å²) in [6.07, 6.45) is 3.41. The summed E-state index contributed by atoms with van der Waals surface area (Å²) in [5, 5.41) is 0. The molecule has 94 valence electrons. The number of benzene rings is 1. The van der Waals surface area contributed by atoms with Gasteiger partial charge in [0.25, 0.3) is 0 Å². The number of ketones is 2. The number of fused-ring (bicyclic) bond motifs is 1. The lowest BCUT2D eigenvalue weighted by Crippen LogP contribution is -2.20. The molecule has 0 radical (unpaired) electrons. The Balaban J connectivity index is 2.11. The lowest BCUT2D eigenvalue weighted by Gasteiger charge is -2.14. The second-order valence-corrected chi connectivity index (χ2v) is 4.31. The predicted molar refractivity (Wildman–Crippen MR) is 68.9 cm³/mol. The topological polar surface area (TPSA) is 43.4 Å². The molecule has 0 saturated heterocycles. The maximum Gasteiger partial charge on any atom is 0.192 e. The Morgan fingerprint density at radius 2 is 1.83 bits per heavy atom. The highest BCUT2D eigenvalue weighted by Gasteiger charge is 2.24. The zero-order valence-corrected chi connectivity index (χ0v) is 10.4. The minimum Gasteiger partial charge on any atom is -0.377 e. The quantitative estimate of drug-likeness (QED) is 0.748. The van der Waals surface area contributed by atoms with Crippen molar-refractivity contribution in [2.45, 2.75) is 19.8 Å².